The first-order valence-corrected chi connectivity index (χ1v) is 10.1. The zero-order valence-electron chi connectivity index (χ0n) is 18.7. The number of alkyl halides is 3. The summed E-state index contributed by atoms with van der Waals surface area (Å²) in [5.74, 6) is -4.83. The molecule has 10 heteroatoms. The van der Waals surface area contributed by atoms with Crippen LogP contribution < -0.4 is 10.1 Å². The zero-order chi connectivity index (χ0) is 25.2. The number of carbonyl (C=O) groups excluding carboxylic acids is 1. The normalized spacial score (nSPS) is 10.2. The van der Waals surface area contributed by atoms with Crippen molar-refractivity contribution < 1.29 is 32.9 Å². The minimum Gasteiger partial charge on any atom is -0.452 e. The number of aromatic nitrogens is 2. The molecule has 33 heavy (non-hydrogen) atoms. The first kappa shape index (κ1) is 27.5. The highest BCUT2D eigenvalue weighted by Crippen LogP contribution is 2.40. The van der Waals surface area contributed by atoms with Gasteiger partial charge in [0.1, 0.15) is 11.3 Å². The SMILES string of the molecule is CC.CC.Cc1nc(F)ccc1Oc1c(C(F)(F)F)ncc(F)c1C(=O)Nc1ccccc1.[HH]. The van der Waals surface area contributed by atoms with Gasteiger partial charge in [-0.15, -0.1) is 0 Å². The number of para-hydroxylation sites is 1. The van der Waals surface area contributed by atoms with Crippen LogP contribution in [0.2, 0.25) is 0 Å². The van der Waals surface area contributed by atoms with E-state index >= 15 is 0 Å². The molecule has 0 aliphatic rings. The van der Waals surface area contributed by atoms with Crippen molar-refractivity contribution in [2.75, 3.05) is 5.32 Å². The predicted molar refractivity (Wildman–Crippen MR) is 117 cm³/mol. The Hall–Kier alpha value is -3.56. The summed E-state index contributed by atoms with van der Waals surface area (Å²) in [6.07, 6.45) is -4.77. The monoisotopic (exact) mass is 471 g/mol. The van der Waals surface area contributed by atoms with Gasteiger partial charge in [0.05, 0.1) is 11.9 Å². The van der Waals surface area contributed by atoms with Gasteiger partial charge < -0.3 is 10.1 Å². The Morgan fingerprint density at radius 2 is 1.61 bits per heavy atom. The lowest BCUT2D eigenvalue weighted by Gasteiger charge is -2.17. The third-order valence-corrected chi connectivity index (χ3v) is 3.73. The van der Waals surface area contributed by atoms with Gasteiger partial charge in [-0.05, 0) is 31.2 Å². The lowest BCUT2D eigenvalue weighted by atomic mass is 10.1. The molecule has 0 bridgehead atoms. The molecule has 1 N–H and O–H groups in total. The van der Waals surface area contributed by atoms with E-state index in [1.165, 1.54) is 19.1 Å². The molecule has 0 aliphatic heterocycles. The number of ether oxygens (including phenoxy) is 1. The maximum atomic E-state index is 14.4. The molecule has 0 fully saturated rings. The highest BCUT2D eigenvalue weighted by Gasteiger charge is 2.40. The second kappa shape index (κ2) is 12.5. The van der Waals surface area contributed by atoms with Crippen LogP contribution >= 0.6 is 0 Å². The average Bonchev–Trinajstić information content (AvgIpc) is 2.78. The van der Waals surface area contributed by atoms with E-state index in [0.29, 0.717) is 0 Å². The quantitative estimate of drug-likeness (QED) is 0.318. The van der Waals surface area contributed by atoms with Crippen molar-refractivity contribution in [2.45, 2.75) is 40.8 Å². The summed E-state index contributed by atoms with van der Waals surface area (Å²) in [4.78, 5) is 19.0. The number of nitrogens with zero attached hydrogens (tertiary/aromatic N) is 2. The highest BCUT2D eigenvalue weighted by molar-refractivity contribution is 6.06. The summed E-state index contributed by atoms with van der Waals surface area (Å²) in [5.41, 5.74) is -2.48. The second-order valence-corrected chi connectivity index (χ2v) is 5.80. The minimum atomic E-state index is -5.05. The van der Waals surface area contributed by atoms with Gasteiger partial charge in [0.2, 0.25) is 5.95 Å². The van der Waals surface area contributed by atoms with Gasteiger partial charge in [0.25, 0.3) is 5.91 Å². The second-order valence-electron chi connectivity index (χ2n) is 5.80. The average molecular weight is 471 g/mol. The molecule has 3 rings (SSSR count). The maximum absolute atomic E-state index is 14.4. The van der Waals surface area contributed by atoms with Crippen LogP contribution in [-0.2, 0) is 6.18 Å². The van der Waals surface area contributed by atoms with Crippen molar-refractivity contribution in [3.05, 3.63) is 77.4 Å². The smallest absolute Gasteiger partial charge is 0.437 e. The summed E-state index contributed by atoms with van der Waals surface area (Å²) in [7, 11) is 0. The van der Waals surface area contributed by atoms with Crippen LogP contribution in [-0.4, -0.2) is 15.9 Å². The maximum Gasteiger partial charge on any atom is 0.437 e. The van der Waals surface area contributed by atoms with Crippen molar-refractivity contribution in [3.8, 4) is 11.5 Å². The van der Waals surface area contributed by atoms with Crippen molar-refractivity contribution in [1.29, 1.82) is 0 Å². The van der Waals surface area contributed by atoms with Crippen LogP contribution in [0, 0.1) is 18.7 Å². The summed E-state index contributed by atoms with van der Waals surface area (Å²) in [5, 5.41) is 2.30. The van der Waals surface area contributed by atoms with Crippen LogP contribution in [0.4, 0.5) is 27.6 Å². The summed E-state index contributed by atoms with van der Waals surface area (Å²) in [6, 6.07) is 9.61. The van der Waals surface area contributed by atoms with Gasteiger partial charge in [0, 0.05) is 7.11 Å². The van der Waals surface area contributed by atoms with Crippen molar-refractivity contribution >= 4 is 11.6 Å². The number of aryl methyl sites for hydroxylation is 1. The standard InChI is InChI=1S/C19H12F5N3O2.2C2H6.H2/c1-10-13(7-8-14(21)26-10)29-16-15(12(20)9-25-17(16)19(22,23)24)18(28)27-11-5-3-2-4-6-11;2*1-2;/h2-9H,1H3,(H,27,28);2*1-2H3;1H. The van der Waals surface area contributed by atoms with E-state index in [2.05, 4.69) is 15.3 Å². The number of carbonyl (C=O) groups is 1. The Balaban J connectivity index is 0.00000207. The fraction of sp³-hybridized carbons (Fsp3) is 0.261. The topological polar surface area (TPSA) is 64.1 Å². The molecule has 0 spiro atoms. The van der Waals surface area contributed by atoms with Crippen molar-refractivity contribution in [2.24, 2.45) is 0 Å². The van der Waals surface area contributed by atoms with E-state index in [0.717, 1.165) is 12.1 Å². The Kier molecular flexibility index (Phi) is 10.4. The number of pyridine rings is 2. The third-order valence-electron chi connectivity index (χ3n) is 3.73. The number of hydrogen-bond donors (Lipinski definition) is 1. The number of hydrogen-bond acceptors (Lipinski definition) is 4. The molecule has 0 atom stereocenters. The van der Waals surface area contributed by atoms with E-state index < -0.39 is 40.9 Å². The Morgan fingerprint density at radius 1 is 1.00 bits per heavy atom. The number of amides is 1. The summed E-state index contributed by atoms with van der Waals surface area (Å²) in [6.45, 7) is 9.28. The number of benzene rings is 1. The fourth-order valence-electron chi connectivity index (χ4n) is 2.43. The van der Waals surface area contributed by atoms with Gasteiger partial charge in [-0.1, -0.05) is 45.9 Å². The Bertz CT molecular complexity index is 1060. The molecule has 1 aromatic carbocycles. The molecule has 2 aromatic heterocycles. The van der Waals surface area contributed by atoms with Gasteiger partial charge in [-0.2, -0.15) is 17.6 Å². The minimum absolute atomic E-state index is 0. The lowest BCUT2D eigenvalue weighted by Crippen LogP contribution is -2.19. The largest absolute Gasteiger partial charge is 0.452 e. The molecule has 180 valence electrons. The van der Waals surface area contributed by atoms with Crippen molar-refractivity contribution in [1.82, 2.24) is 9.97 Å². The van der Waals surface area contributed by atoms with E-state index in [1.54, 1.807) is 18.2 Å². The van der Waals surface area contributed by atoms with Crippen LogP contribution in [0.15, 0.2) is 48.7 Å². The molecule has 5 nitrogen and oxygen atoms in total. The van der Waals surface area contributed by atoms with E-state index in [-0.39, 0.29) is 24.8 Å². The predicted octanol–water partition coefficient (Wildman–Crippen LogP) is 7.43. The van der Waals surface area contributed by atoms with Crippen LogP contribution in [0.1, 0.15) is 50.9 Å². The molecular weight excluding hydrogens is 445 g/mol. The van der Waals surface area contributed by atoms with Gasteiger partial charge in [0.15, 0.2) is 17.3 Å². The van der Waals surface area contributed by atoms with E-state index in [4.69, 9.17) is 4.74 Å². The molecule has 3 aromatic rings. The van der Waals surface area contributed by atoms with Crippen molar-refractivity contribution in [3.63, 3.8) is 0 Å². The van der Waals surface area contributed by atoms with Crippen LogP contribution in [0.3, 0.4) is 0 Å². The summed E-state index contributed by atoms with van der Waals surface area (Å²) >= 11 is 0. The molecule has 1 amide bonds. The van der Waals surface area contributed by atoms with E-state index in [9.17, 15) is 26.7 Å². The Morgan fingerprint density at radius 3 is 2.15 bits per heavy atom. The highest BCUT2D eigenvalue weighted by atomic mass is 19.4. The van der Waals surface area contributed by atoms with Crippen LogP contribution in [0.25, 0.3) is 0 Å². The number of nitrogens with one attached hydrogen (secondary N) is 1. The Labute approximate surface area is 190 Å². The molecule has 0 aliphatic carbocycles. The van der Waals surface area contributed by atoms with Gasteiger partial charge >= 0.3 is 6.18 Å². The first-order chi connectivity index (χ1) is 15.7. The number of anilines is 1. The molecule has 0 saturated heterocycles. The first-order valence-electron chi connectivity index (χ1n) is 10.1. The molecular formula is C23H26F5N3O2. The van der Waals surface area contributed by atoms with Crippen LogP contribution in [0.5, 0.6) is 11.5 Å². The lowest BCUT2D eigenvalue weighted by molar-refractivity contribution is -0.142. The zero-order valence-corrected chi connectivity index (χ0v) is 18.7. The number of halogens is 5. The van der Waals surface area contributed by atoms with Gasteiger partial charge in [-0.3, -0.25) is 4.79 Å². The molecule has 0 radical (unpaired) electrons. The summed E-state index contributed by atoms with van der Waals surface area (Å²) < 4.78 is 73.1. The number of rotatable bonds is 4. The third kappa shape index (κ3) is 7.23. The molecule has 0 unspecified atom stereocenters. The fourth-order valence-corrected chi connectivity index (χ4v) is 2.43. The molecule has 0 saturated carbocycles. The molecule has 2 heterocycles. The van der Waals surface area contributed by atoms with Gasteiger partial charge in [-0.25, -0.2) is 14.4 Å². The van der Waals surface area contributed by atoms with E-state index in [1.807, 2.05) is 27.7 Å².